The molecule has 1 aliphatic rings. The first-order valence-corrected chi connectivity index (χ1v) is 7.84. The van der Waals surface area contributed by atoms with Gasteiger partial charge in [-0.25, -0.2) is 0 Å². The van der Waals surface area contributed by atoms with Crippen molar-refractivity contribution in [3.63, 3.8) is 0 Å². The Morgan fingerprint density at radius 2 is 2.00 bits per heavy atom. The Morgan fingerprint density at radius 1 is 1.32 bits per heavy atom. The van der Waals surface area contributed by atoms with E-state index in [4.69, 9.17) is 11.6 Å². The summed E-state index contributed by atoms with van der Waals surface area (Å²) in [7, 11) is 1.86. The number of amides is 1. The van der Waals surface area contributed by atoms with Gasteiger partial charge in [-0.15, -0.1) is 0 Å². The van der Waals surface area contributed by atoms with Gasteiger partial charge < -0.3 is 4.90 Å². The van der Waals surface area contributed by atoms with Crippen LogP contribution in [0.5, 0.6) is 0 Å². The third kappa shape index (κ3) is 2.86. The molecule has 116 valence electrons. The van der Waals surface area contributed by atoms with Crippen molar-refractivity contribution in [1.82, 2.24) is 20.3 Å². The zero-order valence-electron chi connectivity index (χ0n) is 12.7. The van der Waals surface area contributed by atoms with E-state index in [1.807, 2.05) is 43.1 Å². The zero-order chi connectivity index (χ0) is 15.7. The van der Waals surface area contributed by atoms with E-state index in [1.54, 1.807) is 0 Å². The summed E-state index contributed by atoms with van der Waals surface area (Å²) in [6.45, 7) is 2.03. The number of benzene rings is 1. The van der Waals surface area contributed by atoms with Gasteiger partial charge in [-0.05, 0) is 37.5 Å². The lowest BCUT2D eigenvalue weighted by Gasteiger charge is -2.30. The quantitative estimate of drug-likeness (QED) is 0.946. The van der Waals surface area contributed by atoms with Crippen molar-refractivity contribution in [2.45, 2.75) is 32.2 Å². The van der Waals surface area contributed by atoms with E-state index < -0.39 is 0 Å². The van der Waals surface area contributed by atoms with Gasteiger partial charge in [-0.2, -0.15) is 15.4 Å². The molecule has 1 amide bonds. The van der Waals surface area contributed by atoms with Gasteiger partial charge in [-0.1, -0.05) is 23.7 Å². The van der Waals surface area contributed by atoms with Crippen LogP contribution < -0.4 is 0 Å². The summed E-state index contributed by atoms with van der Waals surface area (Å²) in [5, 5.41) is 11.6. The molecule has 1 heterocycles. The van der Waals surface area contributed by atoms with Crippen molar-refractivity contribution in [3.8, 4) is 0 Å². The number of nitrogens with one attached hydrogen (secondary N) is 1. The number of hydrogen-bond acceptors (Lipinski definition) is 3. The third-order valence-corrected chi connectivity index (χ3v) is 4.75. The highest BCUT2D eigenvalue weighted by Crippen LogP contribution is 2.27. The third-order valence-electron chi connectivity index (χ3n) is 4.50. The number of halogens is 1. The molecule has 0 fully saturated rings. The summed E-state index contributed by atoms with van der Waals surface area (Å²) in [4.78, 5) is 14.6. The first kappa shape index (κ1) is 15.0. The predicted molar refractivity (Wildman–Crippen MR) is 84.5 cm³/mol. The minimum absolute atomic E-state index is 0.0163. The fraction of sp³-hybridized carbons (Fsp3) is 0.438. The number of fused-ring (bicyclic) bond motifs is 1. The second-order valence-corrected chi connectivity index (χ2v) is 6.27. The normalized spacial score (nSPS) is 18.6. The molecule has 0 saturated heterocycles. The zero-order valence-corrected chi connectivity index (χ0v) is 13.5. The first-order chi connectivity index (χ1) is 10.6. The van der Waals surface area contributed by atoms with Gasteiger partial charge in [0.25, 0.3) is 0 Å². The van der Waals surface area contributed by atoms with Crippen LogP contribution in [0.15, 0.2) is 24.3 Å². The van der Waals surface area contributed by atoms with E-state index in [0.29, 0.717) is 11.4 Å². The van der Waals surface area contributed by atoms with Crippen LogP contribution in [0.3, 0.4) is 0 Å². The molecule has 2 atom stereocenters. The number of H-pyrrole nitrogens is 1. The molecule has 0 spiro atoms. The van der Waals surface area contributed by atoms with Crippen molar-refractivity contribution in [3.05, 3.63) is 46.2 Å². The largest absolute Gasteiger partial charge is 0.339 e. The van der Waals surface area contributed by atoms with Crippen molar-refractivity contribution in [2.75, 3.05) is 7.05 Å². The number of carbonyl (C=O) groups is 1. The van der Waals surface area contributed by atoms with E-state index in [-0.39, 0.29) is 17.9 Å². The molecule has 0 radical (unpaired) electrons. The number of carbonyl (C=O) groups excluding carboxylic acids is 1. The molecule has 1 aliphatic carbocycles. The standard InChI is InChI=1S/C16H19ClN4O/c1-10(11-3-6-13(17)7-4-11)21(2)16(22)12-5-8-14-15(9-12)19-20-18-14/h3-4,6-7,10,12H,5,8-9H2,1-2H3,(H,18,19,20). The highest BCUT2D eigenvalue weighted by Gasteiger charge is 2.30. The lowest BCUT2D eigenvalue weighted by Crippen LogP contribution is -2.37. The molecule has 2 unspecified atom stereocenters. The maximum absolute atomic E-state index is 12.8. The molecule has 1 aromatic carbocycles. The average molecular weight is 319 g/mol. The Labute approximate surface area is 134 Å². The Bertz CT molecular complexity index is 667. The highest BCUT2D eigenvalue weighted by molar-refractivity contribution is 6.30. The van der Waals surface area contributed by atoms with Gasteiger partial charge in [0.2, 0.25) is 5.91 Å². The summed E-state index contributed by atoms with van der Waals surface area (Å²) in [6, 6.07) is 7.66. The summed E-state index contributed by atoms with van der Waals surface area (Å²) in [5.41, 5.74) is 3.01. The minimum atomic E-state index is -0.0163. The average Bonchev–Trinajstić information content (AvgIpc) is 3.01. The molecule has 3 rings (SSSR count). The molecule has 0 saturated carbocycles. The number of rotatable bonds is 3. The second kappa shape index (κ2) is 6.08. The molecule has 1 N–H and O–H groups in total. The SMILES string of the molecule is CC(c1ccc(Cl)cc1)N(C)C(=O)C1CCc2n[nH]nc2C1. The summed E-state index contributed by atoms with van der Waals surface area (Å²) in [6.07, 6.45) is 2.31. The van der Waals surface area contributed by atoms with Crippen molar-refractivity contribution < 1.29 is 4.79 Å². The van der Waals surface area contributed by atoms with Crippen LogP contribution in [0.25, 0.3) is 0 Å². The van der Waals surface area contributed by atoms with Crippen molar-refractivity contribution in [1.29, 1.82) is 0 Å². The maximum Gasteiger partial charge on any atom is 0.226 e. The smallest absolute Gasteiger partial charge is 0.226 e. The van der Waals surface area contributed by atoms with E-state index in [1.165, 1.54) is 0 Å². The molecule has 0 aliphatic heterocycles. The van der Waals surface area contributed by atoms with Crippen LogP contribution in [-0.2, 0) is 17.6 Å². The lowest BCUT2D eigenvalue weighted by molar-refractivity contribution is -0.136. The Balaban J connectivity index is 1.70. The maximum atomic E-state index is 12.8. The minimum Gasteiger partial charge on any atom is -0.339 e. The van der Waals surface area contributed by atoms with Crippen LogP contribution in [0.2, 0.25) is 5.02 Å². The first-order valence-electron chi connectivity index (χ1n) is 7.47. The van der Waals surface area contributed by atoms with Gasteiger partial charge in [0.1, 0.15) is 0 Å². The Morgan fingerprint density at radius 3 is 2.73 bits per heavy atom. The van der Waals surface area contributed by atoms with E-state index >= 15 is 0 Å². The molecule has 6 heteroatoms. The highest BCUT2D eigenvalue weighted by atomic mass is 35.5. The number of aromatic nitrogens is 3. The Hall–Kier alpha value is -1.88. The lowest BCUT2D eigenvalue weighted by atomic mass is 9.88. The fourth-order valence-corrected chi connectivity index (χ4v) is 3.07. The van der Waals surface area contributed by atoms with Gasteiger partial charge >= 0.3 is 0 Å². The summed E-state index contributed by atoms with van der Waals surface area (Å²) >= 11 is 5.92. The predicted octanol–water partition coefficient (Wildman–Crippen LogP) is 2.78. The fourth-order valence-electron chi connectivity index (χ4n) is 2.94. The Kier molecular flexibility index (Phi) is 4.16. The van der Waals surface area contributed by atoms with Crippen LogP contribution in [0.1, 0.15) is 36.3 Å². The van der Waals surface area contributed by atoms with Crippen LogP contribution in [-0.4, -0.2) is 33.3 Å². The van der Waals surface area contributed by atoms with Gasteiger partial charge in [0, 0.05) is 24.4 Å². The number of aryl methyl sites for hydroxylation is 1. The van der Waals surface area contributed by atoms with Gasteiger partial charge in [-0.3, -0.25) is 4.79 Å². The van der Waals surface area contributed by atoms with Crippen molar-refractivity contribution >= 4 is 17.5 Å². The molecule has 1 aromatic heterocycles. The molecule has 22 heavy (non-hydrogen) atoms. The number of hydrogen-bond donors (Lipinski definition) is 1. The van der Waals surface area contributed by atoms with E-state index in [2.05, 4.69) is 15.4 Å². The topological polar surface area (TPSA) is 61.9 Å². The number of nitrogens with zero attached hydrogens (tertiary/aromatic N) is 3. The van der Waals surface area contributed by atoms with Crippen molar-refractivity contribution in [2.24, 2.45) is 5.92 Å². The summed E-state index contributed by atoms with van der Waals surface area (Å²) < 4.78 is 0. The number of aromatic amines is 1. The van der Waals surface area contributed by atoms with Crippen LogP contribution >= 0.6 is 11.6 Å². The van der Waals surface area contributed by atoms with E-state index in [0.717, 1.165) is 29.8 Å². The molecule has 0 bridgehead atoms. The summed E-state index contributed by atoms with van der Waals surface area (Å²) in [5.74, 6) is 0.147. The molecule has 2 aromatic rings. The van der Waals surface area contributed by atoms with Gasteiger partial charge in [0.15, 0.2) is 0 Å². The monoisotopic (exact) mass is 318 g/mol. The van der Waals surface area contributed by atoms with Gasteiger partial charge in [0.05, 0.1) is 17.4 Å². The van der Waals surface area contributed by atoms with Crippen LogP contribution in [0, 0.1) is 5.92 Å². The molecular weight excluding hydrogens is 300 g/mol. The van der Waals surface area contributed by atoms with E-state index in [9.17, 15) is 4.79 Å². The molecule has 5 nitrogen and oxygen atoms in total. The molecular formula is C16H19ClN4O. The van der Waals surface area contributed by atoms with Crippen LogP contribution in [0.4, 0.5) is 0 Å². The second-order valence-electron chi connectivity index (χ2n) is 5.83.